The fourth-order valence-electron chi connectivity index (χ4n) is 2.62. The molecule has 1 atom stereocenters. The second-order valence-electron chi connectivity index (χ2n) is 5.05. The molecule has 0 bridgehead atoms. The van der Waals surface area contributed by atoms with Crippen LogP contribution in [0.5, 0.6) is 5.75 Å². The van der Waals surface area contributed by atoms with Crippen LogP contribution in [-0.4, -0.2) is 44.6 Å². The highest BCUT2D eigenvalue weighted by Gasteiger charge is 2.23. The number of carbonyl (C=O) groups excluding carboxylic acids is 1. The van der Waals surface area contributed by atoms with Gasteiger partial charge in [0.1, 0.15) is 5.75 Å². The Morgan fingerprint density at radius 1 is 1.40 bits per heavy atom. The number of nitrogens with one attached hydrogen (secondary N) is 1. The van der Waals surface area contributed by atoms with Gasteiger partial charge in [-0.05, 0) is 56.6 Å². The van der Waals surface area contributed by atoms with Gasteiger partial charge in [-0.15, -0.1) is 12.4 Å². The summed E-state index contributed by atoms with van der Waals surface area (Å²) in [6, 6.07) is 7.34. The van der Waals surface area contributed by atoms with Crippen molar-refractivity contribution in [2.45, 2.75) is 12.8 Å². The number of carbonyl (C=O) groups is 1. The number of hydrogen-bond donors (Lipinski definition) is 1. The predicted octanol–water partition coefficient (Wildman–Crippen LogP) is 2.19. The molecule has 1 fully saturated rings. The van der Waals surface area contributed by atoms with Gasteiger partial charge < -0.3 is 15.0 Å². The molecule has 2 rings (SSSR count). The lowest BCUT2D eigenvalue weighted by Crippen LogP contribution is -2.42. The molecular weight excluding hydrogens is 276 g/mol. The largest absolute Gasteiger partial charge is 0.497 e. The Kier molecular flexibility index (Phi) is 6.82. The first kappa shape index (κ1) is 16.8. The highest BCUT2D eigenvalue weighted by molar-refractivity contribution is 5.94. The Balaban J connectivity index is 0.00000200. The van der Waals surface area contributed by atoms with Gasteiger partial charge in [0.25, 0.3) is 5.91 Å². The fraction of sp³-hybridized carbons (Fsp3) is 0.533. The zero-order chi connectivity index (χ0) is 13.7. The number of methoxy groups -OCH3 is 1. The molecule has 1 heterocycles. The lowest BCUT2D eigenvalue weighted by molar-refractivity contribution is 0.0674. The molecule has 1 aromatic rings. The van der Waals surface area contributed by atoms with E-state index in [4.69, 9.17) is 4.74 Å². The fourth-order valence-corrected chi connectivity index (χ4v) is 2.62. The zero-order valence-electron chi connectivity index (χ0n) is 12.1. The van der Waals surface area contributed by atoms with Crippen LogP contribution in [0, 0.1) is 5.92 Å². The van der Waals surface area contributed by atoms with Gasteiger partial charge in [-0.25, -0.2) is 0 Å². The van der Waals surface area contributed by atoms with E-state index in [-0.39, 0.29) is 18.3 Å². The third-order valence-electron chi connectivity index (χ3n) is 3.64. The summed E-state index contributed by atoms with van der Waals surface area (Å²) in [4.78, 5) is 14.4. The maximum atomic E-state index is 12.4. The van der Waals surface area contributed by atoms with E-state index in [0.717, 1.165) is 37.4 Å². The van der Waals surface area contributed by atoms with Gasteiger partial charge in [-0.3, -0.25) is 4.79 Å². The molecule has 1 aromatic carbocycles. The van der Waals surface area contributed by atoms with Crippen LogP contribution in [0.25, 0.3) is 0 Å². The minimum absolute atomic E-state index is 0. The van der Waals surface area contributed by atoms with E-state index in [1.54, 1.807) is 7.11 Å². The van der Waals surface area contributed by atoms with Gasteiger partial charge in [0.15, 0.2) is 0 Å². The number of halogens is 1. The van der Waals surface area contributed by atoms with E-state index in [1.165, 1.54) is 6.42 Å². The summed E-state index contributed by atoms with van der Waals surface area (Å²) in [5.74, 6) is 1.48. The smallest absolute Gasteiger partial charge is 0.253 e. The number of amides is 1. The maximum absolute atomic E-state index is 12.4. The molecule has 0 saturated carbocycles. The minimum atomic E-state index is 0. The van der Waals surface area contributed by atoms with Crippen LogP contribution in [0.3, 0.4) is 0 Å². The highest BCUT2D eigenvalue weighted by atomic mass is 35.5. The second-order valence-corrected chi connectivity index (χ2v) is 5.05. The molecule has 0 spiro atoms. The predicted molar refractivity (Wildman–Crippen MR) is 82.8 cm³/mol. The molecule has 112 valence electrons. The summed E-state index contributed by atoms with van der Waals surface area (Å²) in [6.07, 6.45) is 2.29. The van der Waals surface area contributed by atoms with Crippen LogP contribution in [-0.2, 0) is 0 Å². The van der Waals surface area contributed by atoms with Crippen LogP contribution < -0.4 is 10.1 Å². The first-order valence-electron chi connectivity index (χ1n) is 6.82. The summed E-state index contributed by atoms with van der Waals surface area (Å²) < 4.78 is 5.11. The SMILES string of the molecule is CNCC1CCCN(C(=O)c2ccc(OC)cc2)C1.Cl. The standard InChI is InChI=1S/C15H22N2O2.ClH/c1-16-10-12-4-3-9-17(11-12)15(18)13-5-7-14(19-2)8-6-13;/h5-8,12,16H,3-4,9-11H2,1-2H3;1H. The summed E-state index contributed by atoms with van der Waals surface area (Å²) in [6.45, 7) is 2.70. The Morgan fingerprint density at radius 3 is 2.70 bits per heavy atom. The Hall–Kier alpha value is -1.26. The summed E-state index contributed by atoms with van der Waals surface area (Å²) in [5, 5.41) is 3.20. The quantitative estimate of drug-likeness (QED) is 0.926. The molecule has 1 N–H and O–H groups in total. The first-order chi connectivity index (χ1) is 9.24. The maximum Gasteiger partial charge on any atom is 0.253 e. The third-order valence-corrected chi connectivity index (χ3v) is 3.64. The minimum Gasteiger partial charge on any atom is -0.497 e. The van der Waals surface area contributed by atoms with E-state index in [1.807, 2.05) is 36.2 Å². The monoisotopic (exact) mass is 298 g/mol. The number of ether oxygens (including phenoxy) is 1. The highest BCUT2D eigenvalue weighted by Crippen LogP contribution is 2.19. The van der Waals surface area contributed by atoms with Gasteiger partial charge >= 0.3 is 0 Å². The van der Waals surface area contributed by atoms with Gasteiger partial charge in [0.2, 0.25) is 0 Å². The first-order valence-corrected chi connectivity index (χ1v) is 6.82. The number of benzene rings is 1. The molecule has 5 heteroatoms. The van der Waals surface area contributed by atoms with Crippen molar-refractivity contribution in [1.82, 2.24) is 10.2 Å². The second kappa shape index (κ2) is 8.12. The Bertz CT molecular complexity index is 420. The molecule has 0 aliphatic carbocycles. The molecule has 20 heavy (non-hydrogen) atoms. The van der Waals surface area contributed by atoms with Crippen LogP contribution in [0.1, 0.15) is 23.2 Å². The van der Waals surface area contributed by atoms with Gasteiger partial charge in [-0.2, -0.15) is 0 Å². The number of likely N-dealkylation sites (tertiary alicyclic amines) is 1. The van der Waals surface area contributed by atoms with E-state index in [0.29, 0.717) is 5.92 Å². The third kappa shape index (κ3) is 4.12. The Morgan fingerprint density at radius 2 is 2.10 bits per heavy atom. The lowest BCUT2D eigenvalue weighted by Gasteiger charge is -2.32. The van der Waals surface area contributed by atoms with Crippen molar-refractivity contribution >= 4 is 18.3 Å². The van der Waals surface area contributed by atoms with Crippen molar-refractivity contribution in [3.63, 3.8) is 0 Å². The van der Waals surface area contributed by atoms with Crippen LogP contribution in [0.4, 0.5) is 0 Å². The molecule has 1 aliphatic heterocycles. The molecule has 1 amide bonds. The van der Waals surface area contributed by atoms with E-state index >= 15 is 0 Å². The van der Waals surface area contributed by atoms with E-state index < -0.39 is 0 Å². The average Bonchev–Trinajstić information content (AvgIpc) is 2.47. The Labute approximate surface area is 126 Å². The van der Waals surface area contributed by atoms with Gasteiger partial charge in [0, 0.05) is 18.7 Å². The average molecular weight is 299 g/mol. The lowest BCUT2D eigenvalue weighted by atomic mass is 9.97. The molecule has 4 nitrogen and oxygen atoms in total. The molecule has 0 radical (unpaired) electrons. The van der Waals surface area contributed by atoms with Crippen molar-refractivity contribution in [3.05, 3.63) is 29.8 Å². The normalized spacial score (nSPS) is 18.3. The summed E-state index contributed by atoms with van der Waals surface area (Å²) >= 11 is 0. The molecule has 1 saturated heterocycles. The van der Waals surface area contributed by atoms with E-state index in [9.17, 15) is 4.79 Å². The molecular formula is C15H23ClN2O2. The summed E-state index contributed by atoms with van der Waals surface area (Å²) in [7, 11) is 3.59. The van der Waals surface area contributed by atoms with Crippen LogP contribution in [0.15, 0.2) is 24.3 Å². The molecule has 0 aromatic heterocycles. The van der Waals surface area contributed by atoms with Crippen molar-refractivity contribution in [3.8, 4) is 5.75 Å². The van der Waals surface area contributed by atoms with Crippen molar-refractivity contribution in [1.29, 1.82) is 0 Å². The van der Waals surface area contributed by atoms with Crippen LogP contribution in [0.2, 0.25) is 0 Å². The van der Waals surface area contributed by atoms with Crippen molar-refractivity contribution in [2.75, 3.05) is 33.8 Å². The molecule has 1 unspecified atom stereocenters. The molecule has 1 aliphatic rings. The van der Waals surface area contributed by atoms with Gasteiger partial charge in [0.05, 0.1) is 7.11 Å². The van der Waals surface area contributed by atoms with Crippen molar-refractivity contribution in [2.24, 2.45) is 5.92 Å². The van der Waals surface area contributed by atoms with E-state index in [2.05, 4.69) is 5.32 Å². The zero-order valence-corrected chi connectivity index (χ0v) is 12.9. The number of hydrogen-bond acceptors (Lipinski definition) is 3. The van der Waals surface area contributed by atoms with Gasteiger partial charge in [-0.1, -0.05) is 0 Å². The number of nitrogens with zero attached hydrogens (tertiary/aromatic N) is 1. The summed E-state index contributed by atoms with van der Waals surface area (Å²) in [5.41, 5.74) is 0.742. The van der Waals surface area contributed by atoms with Crippen LogP contribution >= 0.6 is 12.4 Å². The number of rotatable bonds is 4. The van der Waals surface area contributed by atoms with Crippen molar-refractivity contribution < 1.29 is 9.53 Å². The topological polar surface area (TPSA) is 41.6 Å². The number of piperidine rings is 1.